The van der Waals surface area contributed by atoms with Crippen LogP contribution < -0.4 is 0 Å². The molecule has 0 N–H and O–H groups in total. The molecule has 5 atom stereocenters. The van der Waals surface area contributed by atoms with E-state index < -0.39 is 42.3 Å². The van der Waals surface area contributed by atoms with E-state index in [1.54, 1.807) is 0 Å². The summed E-state index contributed by atoms with van der Waals surface area (Å²) in [5, 5.41) is 0. The fraction of sp³-hybridized carbons (Fsp3) is 0.579. The van der Waals surface area contributed by atoms with Crippen molar-refractivity contribution in [3.63, 3.8) is 0 Å². The van der Waals surface area contributed by atoms with Crippen LogP contribution in [0.4, 0.5) is 0 Å². The van der Waals surface area contributed by atoms with Gasteiger partial charge in [0.2, 0.25) is 0 Å². The average molecular weight is 374 g/mol. The topological polar surface area (TPSA) is 81.0 Å². The summed E-state index contributed by atoms with van der Waals surface area (Å²) in [4.78, 5) is 17.6. The standard InChI is InChI=1S/C19H22N2O6/c1-18(2)24-12-13(25-18)15-17(27-19(3,4)26-15)23-14(12)16(22)21-9-20-10-7-5-6-8-11(10)21/h5-9,12-15,17H,1-4H3/t12-,13-,14+,15+,17+/m1/s1. The van der Waals surface area contributed by atoms with Gasteiger partial charge in [-0.3, -0.25) is 9.36 Å². The fourth-order valence-corrected chi connectivity index (χ4v) is 4.08. The van der Waals surface area contributed by atoms with E-state index in [2.05, 4.69) is 4.98 Å². The van der Waals surface area contributed by atoms with Gasteiger partial charge in [0.1, 0.15) is 24.6 Å². The highest BCUT2D eigenvalue weighted by Crippen LogP contribution is 2.44. The molecule has 3 aliphatic heterocycles. The molecule has 8 heteroatoms. The third-order valence-electron chi connectivity index (χ3n) is 5.09. The molecule has 2 aromatic rings. The van der Waals surface area contributed by atoms with Crippen LogP contribution in [0.25, 0.3) is 11.0 Å². The zero-order valence-corrected chi connectivity index (χ0v) is 15.6. The van der Waals surface area contributed by atoms with Gasteiger partial charge in [-0.25, -0.2) is 4.98 Å². The molecule has 0 saturated carbocycles. The second-order valence-corrected chi connectivity index (χ2v) is 8.03. The Labute approximate surface area is 156 Å². The molecular weight excluding hydrogens is 352 g/mol. The molecule has 8 nitrogen and oxygen atoms in total. The number of rotatable bonds is 1. The number of aromatic nitrogens is 2. The minimum absolute atomic E-state index is 0.272. The number of nitrogens with zero attached hydrogens (tertiary/aromatic N) is 2. The molecule has 0 amide bonds. The Morgan fingerprint density at radius 2 is 1.63 bits per heavy atom. The van der Waals surface area contributed by atoms with Gasteiger partial charge >= 0.3 is 0 Å². The number of fused-ring (bicyclic) bond motifs is 4. The maximum Gasteiger partial charge on any atom is 0.264 e. The molecule has 1 aromatic carbocycles. The van der Waals surface area contributed by atoms with Crippen LogP contribution in [0.2, 0.25) is 0 Å². The van der Waals surface area contributed by atoms with E-state index in [1.165, 1.54) is 10.9 Å². The zero-order chi connectivity index (χ0) is 19.0. The Kier molecular flexibility index (Phi) is 3.57. The van der Waals surface area contributed by atoms with Gasteiger partial charge in [0.15, 0.2) is 24.0 Å². The van der Waals surface area contributed by atoms with Crippen molar-refractivity contribution in [3.05, 3.63) is 30.6 Å². The van der Waals surface area contributed by atoms with E-state index in [1.807, 2.05) is 52.0 Å². The number of carbonyl (C=O) groups is 1. The van der Waals surface area contributed by atoms with Crippen molar-refractivity contribution in [2.45, 2.75) is 70.0 Å². The van der Waals surface area contributed by atoms with Gasteiger partial charge < -0.3 is 23.7 Å². The number of benzene rings is 1. The fourth-order valence-electron chi connectivity index (χ4n) is 4.08. The molecule has 3 aliphatic rings. The first kappa shape index (κ1) is 17.3. The highest BCUT2D eigenvalue weighted by atomic mass is 16.9. The summed E-state index contributed by atoms with van der Waals surface area (Å²) in [5.74, 6) is -1.94. The SMILES string of the molecule is CC1(C)O[C@@H]2O[C@H](C(=O)n3cnc4ccccc43)[C@@H]3OC(C)(C)O[C@H]3[C@@H]2O1. The summed E-state index contributed by atoms with van der Waals surface area (Å²) in [5.41, 5.74) is 1.45. The van der Waals surface area contributed by atoms with Crippen LogP contribution in [0, 0.1) is 0 Å². The molecule has 4 heterocycles. The molecule has 0 unspecified atom stereocenters. The van der Waals surface area contributed by atoms with Crippen LogP contribution in [-0.2, 0) is 23.7 Å². The highest BCUT2D eigenvalue weighted by molar-refractivity contribution is 5.93. The summed E-state index contributed by atoms with van der Waals surface area (Å²) < 4.78 is 31.5. The summed E-state index contributed by atoms with van der Waals surface area (Å²) >= 11 is 0. The Morgan fingerprint density at radius 3 is 2.44 bits per heavy atom. The lowest BCUT2D eigenvalue weighted by Gasteiger charge is -2.36. The largest absolute Gasteiger partial charge is 0.342 e. The van der Waals surface area contributed by atoms with Crippen molar-refractivity contribution in [2.75, 3.05) is 0 Å². The normalized spacial score (nSPS) is 36.5. The third kappa shape index (κ3) is 2.71. The van der Waals surface area contributed by atoms with Crippen molar-refractivity contribution < 1.29 is 28.5 Å². The lowest BCUT2D eigenvalue weighted by atomic mass is 9.98. The summed E-state index contributed by atoms with van der Waals surface area (Å²) in [6, 6.07) is 7.44. The van der Waals surface area contributed by atoms with E-state index in [4.69, 9.17) is 23.7 Å². The molecule has 0 aliphatic carbocycles. The molecule has 3 fully saturated rings. The molecule has 0 radical (unpaired) electrons. The van der Waals surface area contributed by atoms with Gasteiger partial charge in [0, 0.05) is 0 Å². The van der Waals surface area contributed by atoms with Gasteiger partial charge in [-0.2, -0.15) is 0 Å². The number of hydrogen-bond donors (Lipinski definition) is 0. The molecule has 3 saturated heterocycles. The minimum atomic E-state index is -0.895. The van der Waals surface area contributed by atoms with E-state index in [0.717, 1.165) is 5.52 Å². The lowest BCUT2D eigenvalue weighted by molar-refractivity contribution is -0.222. The maximum absolute atomic E-state index is 13.3. The van der Waals surface area contributed by atoms with Gasteiger partial charge in [-0.15, -0.1) is 0 Å². The lowest BCUT2D eigenvalue weighted by Crippen LogP contribution is -2.58. The van der Waals surface area contributed by atoms with Crippen LogP contribution in [0.5, 0.6) is 0 Å². The number of hydrogen-bond acceptors (Lipinski definition) is 7. The smallest absolute Gasteiger partial charge is 0.264 e. The van der Waals surface area contributed by atoms with Gasteiger partial charge in [0.05, 0.1) is 11.0 Å². The van der Waals surface area contributed by atoms with Crippen molar-refractivity contribution in [1.82, 2.24) is 9.55 Å². The maximum atomic E-state index is 13.3. The number of imidazole rings is 1. The van der Waals surface area contributed by atoms with Crippen LogP contribution in [0.3, 0.4) is 0 Å². The first-order chi connectivity index (χ1) is 12.7. The Balaban J connectivity index is 1.52. The zero-order valence-electron chi connectivity index (χ0n) is 15.6. The molecule has 27 heavy (non-hydrogen) atoms. The molecule has 1 aromatic heterocycles. The first-order valence-corrected chi connectivity index (χ1v) is 9.07. The van der Waals surface area contributed by atoms with Crippen molar-refractivity contribution in [3.8, 4) is 0 Å². The Morgan fingerprint density at radius 1 is 0.963 bits per heavy atom. The predicted octanol–water partition coefficient (Wildman–Crippen LogP) is 2.07. The van der Waals surface area contributed by atoms with Crippen LogP contribution in [0.1, 0.15) is 32.5 Å². The Hall–Kier alpha value is -1.84. The summed E-state index contributed by atoms with van der Waals surface area (Å²) in [6.07, 6.45) is -1.63. The monoisotopic (exact) mass is 374 g/mol. The van der Waals surface area contributed by atoms with Crippen LogP contribution in [0.15, 0.2) is 30.6 Å². The van der Waals surface area contributed by atoms with Gasteiger partial charge in [-0.05, 0) is 39.8 Å². The number of para-hydroxylation sites is 2. The minimum Gasteiger partial charge on any atom is -0.342 e. The van der Waals surface area contributed by atoms with Gasteiger partial charge in [0.25, 0.3) is 5.91 Å². The van der Waals surface area contributed by atoms with E-state index in [9.17, 15) is 4.79 Å². The average Bonchev–Trinajstić information content (AvgIpc) is 3.24. The van der Waals surface area contributed by atoms with Crippen molar-refractivity contribution in [1.29, 1.82) is 0 Å². The van der Waals surface area contributed by atoms with Crippen molar-refractivity contribution >= 4 is 16.9 Å². The Bertz CT molecular complexity index is 906. The second-order valence-electron chi connectivity index (χ2n) is 8.03. The van der Waals surface area contributed by atoms with E-state index >= 15 is 0 Å². The third-order valence-corrected chi connectivity index (χ3v) is 5.09. The first-order valence-electron chi connectivity index (χ1n) is 9.07. The summed E-state index contributed by atoms with van der Waals surface area (Å²) in [7, 11) is 0. The second kappa shape index (κ2) is 5.59. The molecular formula is C19H22N2O6. The molecule has 0 spiro atoms. The van der Waals surface area contributed by atoms with E-state index in [0.29, 0.717) is 5.52 Å². The highest BCUT2D eigenvalue weighted by Gasteiger charge is 2.62. The quantitative estimate of drug-likeness (QED) is 0.756. The number of carbonyl (C=O) groups excluding carboxylic acids is 1. The molecule has 144 valence electrons. The molecule has 0 bridgehead atoms. The van der Waals surface area contributed by atoms with E-state index in [-0.39, 0.29) is 5.91 Å². The van der Waals surface area contributed by atoms with Crippen LogP contribution in [-0.4, -0.2) is 57.7 Å². The summed E-state index contributed by atoms with van der Waals surface area (Å²) in [6.45, 7) is 7.25. The van der Waals surface area contributed by atoms with Crippen molar-refractivity contribution in [2.24, 2.45) is 0 Å². The predicted molar refractivity (Wildman–Crippen MR) is 92.9 cm³/mol. The van der Waals surface area contributed by atoms with Gasteiger partial charge in [-0.1, -0.05) is 12.1 Å². The van der Waals surface area contributed by atoms with Crippen LogP contribution >= 0.6 is 0 Å². The molecule has 5 rings (SSSR count). The number of ether oxygens (including phenoxy) is 5.